The van der Waals surface area contributed by atoms with Gasteiger partial charge in [-0.2, -0.15) is 0 Å². The number of likely N-dealkylation sites (N-methyl/N-ethyl adjacent to an activating group) is 1. The van der Waals surface area contributed by atoms with Crippen molar-refractivity contribution < 1.29 is 5.11 Å². The van der Waals surface area contributed by atoms with E-state index in [1.807, 2.05) is 37.2 Å². The fraction of sp³-hybridized carbons (Fsp3) is 0.350. The van der Waals surface area contributed by atoms with Gasteiger partial charge in [0.1, 0.15) is 5.82 Å². The number of rotatable bonds is 6. The molecule has 1 heterocycles. The first kappa shape index (κ1) is 16.7. The largest absolute Gasteiger partial charge is 0.390 e. The maximum Gasteiger partial charge on any atom is 0.114 e. The zero-order valence-electron chi connectivity index (χ0n) is 14.6. The lowest BCUT2D eigenvalue weighted by atomic mass is 10.1. The van der Waals surface area contributed by atoms with Crippen molar-refractivity contribution in [1.29, 1.82) is 0 Å². The highest BCUT2D eigenvalue weighted by atomic mass is 16.3. The molecule has 0 saturated carbocycles. The van der Waals surface area contributed by atoms with Crippen LogP contribution in [-0.2, 0) is 13.0 Å². The Morgan fingerprint density at radius 3 is 2.54 bits per heavy atom. The number of aromatic nitrogens is 2. The third kappa shape index (κ3) is 3.66. The van der Waals surface area contributed by atoms with Gasteiger partial charge in [-0.15, -0.1) is 0 Å². The lowest BCUT2D eigenvalue weighted by molar-refractivity contribution is 0.120. The first-order valence-corrected chi connectivity index (χ1v) is 8.36. The van der Waals surface area contributed by atoms with Gasteiger partial charge in [0.25, 0.3) is 0 Å². The van der Waals surface area contributed by atoms with Gasteiger partial charge >= 0.3 is 0 Å². The number of aryl methyl sites for hydroxylation is 1. The van der Waals surface area contributed by atoms with E-state index in [2.05, 4.69) is 41.8 Å². The van der Waals surface area contributed by atoms with Gasteiger partial charge in [0.2, 0.25) is 0 Å². The van der Waals surface area contributed by atoms with Gasteiger partial charge in [-0.05, 0) is 44.3 Å². The number of nitrogens with zero attached hydrogens (tertiary/aromatic N) is 3. The summed E-state index contributed by atoms with van der Waals surface area (Å²) in [4.78, 5) is 6.82. The monoisotopic (exact) mass is 323 g/mol. The second kappa shape index (κ2) is 7.16. The van der Waals surface area contributed by atoms with Crippen molar-refractivity contribution in [2.45, 2.75) is 26.0 Å². The van der Waals surface area contributed by atoms with Crippen LogP contribution in [0.4, 0.5) is 0 Å². The summed E-state index contributed by atoms with van der Waals surface area (Å²) in [6.45, 7) is 3.32. The molecule has 1 unspecified atom stereocenters. The van der Waals surface area contributed by atoms with E-state index in [9.17, 15) is 5.11 Å². The van der Waals surface area contributed by atoms with Crippen molar-refractivity contribution in [3.63, 3.8) is 0 Å². The van der Waals surface area contributed by atoms with Crippen molar-refractivity contribution in [3.05, 3.63) is 65.5 Å². The zero-order chi connectivity index (χ0) is 17.1. The quantitative estimate of drug-likeness (QED) is 0.758. The van der Waals surface area contributed by atoms with Crippen LogP contribution in [0.25, 0.3) is 11.0 Å². The number of hydrogen-bond acceptors (Lipinski definition) is 3. The Morgan fingerprint density at radius 2 is 1.79 bits per heavy atom. The molecule has 3 rings (SSSR count). The van der Waals surface area contributed by atoms with Crippen LogP contribution in [0, 0.1) is 6.92 Å². The fourth-order valence-electron chi connectivity index (χ4n) is 3.13. The summed E-state index contributed by atoms with van der Waals surface area (Å²) in [5.74, 6) is 1.00. The summed E-state index contributed by atoms with van der Waals surface area (Å²) >= 11 is 0. The minimum absolute atomic E-state index is 0.423. The van der Waals surface area contributed by atoms with Crippen LogP contribution in [0.15, 0.2) is 48.5 Å². The van der Waals surface area contributed by atoms with E-state index in [0.29, 0.717) is 13.1 Å². The van der Waals surface area contributed by atoms with Gasteiger partial charge in [-0.25, -0.2) is 4.98 Å². The maximum atomic E-state index is 10.4. The van der Waals surface area contributed by atoms with Crippen LogP contribution < -0.4 is 0 Å². The third-order valence-corrected chi connectivity index (χ3v) is 4.31. The number of imidazole rings is 1. The van der Waals surface area contributed by atoms with Crippen molar-refractivity contribution in [2.24, 2.45) is 0 Å². The first-order valence-electron chi connectivity index (χ1n) is 8.36. The summed E-state index contributed by atoms with van der Waals surface area (Å²) in [7, 11) is 3.95. The highest BCUT2D eigenvalue weighted by Gasteiger charge is 2.15. The normalized spacial score (nSPS) is 12.9. The van der Waals surface area contributed by atoms with Gasteiger partial charge in [-0.3, -0.25) is 0 Å². The Morgan fingerprint density at radius 1 is 1.08 bits per heavy atom. The van der Waals surface area contributed by atoms with Crippen LogP contribution in [0.5, 0.6) is 0 Å². The molecule has 0 saturated heterocycles. The number of hydrogen-bond donors (Lipinski definition) is 1. The number of para-hydroxylation sites is 2. The molecule has 0 aliphatic heterocycles. The Hall–Kier alpha value is -2.17. The molecule has 0 aliphatic carbocycles. The van der Waals surface area contributed by atoms with Gasteiger partial charge < -0.3 is 14.6 Å². The third-order valence-electron chi connectivity index (χ3n) is 4.31. The molecule has 0 fully saturated rings. The minimum Gasteiger partial charge on any atom is -0.390 e. The summed E-state index contributed by atoms with van der Waals surface area (Å²) in [6, 6.07) is 16.5. The lowest BCUT2D eigenvalue weighted by Crippen LogP contribution is -2.30. The SMILES string of the molecule is Cc1ccccc1Cc1nc2ccccc2n1CC(O)CN(C)C. The number of benzene rings is 2. The molecule has 1 aromatic heterocycles. The van der Waals surface area contributed by atoms with Gasteiger partial charge in [0.15, 0.2) is 0 Å². The Bertz CT molecular complexity index is 823. The molecular weight excluding hydrogens is 298 g/mol. The maximum absolute atomic E-state index is 10.4. The molecular formula is C20H25N3O. The second-order valence-electron chi connectivity index (χ2n) is 6.65. The predicted octanol–water partition coefficient (Wildman–Crippen LogP) is 2.86. The lowest BCUT2D eigenvalue weighted by Gasteiger charge is -2.18. The molecule has 0 spiro atoms. The van der Waals surface area contributed by atoms with Gasteiger partial charge in [-0.1, -0.05) is 36.4 Å². The smallest absolute Gasteiger partial charge is 0.114 e. The van der Waals surface area contributed by atoms with Crippen LogP contribution >= 0.6 is 0 Å². The predicted molar refractivity (Wildman–Crippen MR) is 98.3 cm³/mol. The Balaban J connectivity index is 1.97. The van der Waals surface area contributed by atoms with Crippen LogP contribution in [0.2, 0.25) is 0 Å². The molecule has 24 heavy (non-hydrogen) atoms. The summed E-state index contributed by atoms with van der Waals surface area (Å²) in [5.41, 5.74) is 4.61. The molecule has 0 aliphatic rings. The van der Waals surface area contributed by atoms with Crippen molar-refractivity contribution in [3.8, 4) is 0 Å². The average molecular weight is 323 g/mol. The van der Waals surface area contributed by atoms with Gasteiger partial charge in [0.05, 0.1) is 23.7 Å². The van der Waals surface area contributed by atoms with Crippen molar-refractivity contribution in [2.75, 3.05) is 20.6 Å². The van der Waals surface area contributed by atoms with E-state index in [-0.39, 0.29) is 0 Å². The van der Waals surface area contributed by atoms with Crippen LogP contribution in [0.3, 0.4) is 0 Å². The Labute approximate surface area is 143 Å². The minimum atomic E-state index is -0.423. The highest BCUT2D eigenvalue weighted by Crippen LogP contribution is 2.20. The first-order chi connectivity index (χ1) is 11.5. The molecule has 0 radical (unpaired) electrons. The number of fused-ring (bicyclic) bond motifs is 1. The van der Waals surface area contributed by atoms with E-state index in [4.69, 9.17) is 4.98 Å². The van der Waals surface area contributed by atoms with Crippen molar-refractivity contribution >= 4 is 11.0 Å². The molecule has 1 N–H and O–H groups in total. The molecule has 0 amide bonds. The molecule has 1 atom stereocenters. The molecule has 4 nitrogen and oxygen atoms in total. The van der Waals surface area contributed by atoms with E-state index in [1.165, 1.54) is 11.1 Å². The fourth-order valence-corrected chi connectivity index (χ4v) is 3.13. The average Bonchev–Trinajstić information content (AvgIpc) is 2.86. The van der Waals surface area contributed by atoms with E-state index < -0.39 is 6.10 Å². The summed E-state index contributed by atoms with van der Waals surface area (Å²) in [5, 5.41) is 10.4. The van der Waals surface area contributed by atoms with E-state index in [0.717, 1.165) is 23.3 Å². The second-order valence-corrected chi connectivity index (χ2v) is 6.65. The molecule has 2 aromatic carbocycles. The Kier molecular flexibility index (Phi) is 4.97. The van der Waals surface area contributed by atoms with Gasteiger partial charge in [0, 0.05) is 13.0 Å². The standard InChI is InChI=1S/C20H25N3O/c1-15-8-4-5-9-16(15)12-20-21-18-10-6-7-11-19(18)23(20)14-17(24)13-22(2)3/h4-11,17,24H,12-14H2,1-3H3. The number of aliphatic hydroxyl groups excluding tert-OH is 1. The van der Waals surface area contributed by atoms with Crippen LogP contribution in [-0.4, -0.2) is 46.3 Å². The summed E-state index contributed by atoms with van der Waals surface area (Å²) < 4.78 is 2.16. The number of aliphatic hydroxyl groups is 1. The zero-order valence-corrected chi connectivity index (χ0v) is 14.6. The highest BCUT2D eigenvalue weighted by molar-refractivity contribution is 5.76. The molecule has 126 valence electrons. The van der Waals surface area contributed by atoms with E-state index >= 15 is 0 Å². The van der Waals surface area contributed by atoms with Crippen molar-refractivity contribution in [1.82, 2.24) is 14.5 Å². The summed E-state index contributed by atoms with van der Waals surface area (Å²) in [6.07, 6.45) is 0.351. The topological polar surface area (TPSA) is 41.3 Å². The molecule has 3 aromatic rings. The van der Waals surface area contributed by atoms with E-state index in [1.54, 1.807) is 0 Å². The van der Waals surface area contributed by atoms with Crippen LogP contribution in [0.1, 0.15) is 17.0 Å². The molecule has 0 bridgehead atoms. The molecule has 4 heteroatoms.